The van der Waals surface area contributed by atoms with Crippen LogP contribution < -0.4 is 10.5 Å². The van der Waals surface area contributed by atoms with Crippen molar-refractivity contribution in [2.75, 3.05) is 13.2 Å². The second-order valence-electron chi connectivity index (χ2n) is 4.27. The molecule has 20 heavy (non-hydrogen) atoms. The zero-order valence-electron chi connectivity index (χ0n) is 11.1. The first-order chi connectivity index (χ1) is 9.29. The summed E-state index contributed by atoms with van der Waals surface area (Å²) in [6.45, 7) is 2.62. The van der Waals surface area contributed by atoms with E-state index in [4.69, 9.17) is 15.2 Å². The highest BCUT2D eigenvalue weighted by atomic mass is 19.1. The number of rotatable bonds is 6. The van der Waals surface area contributed by atoms with E-state index in [1.807, 2.05) is 0 Å². The quantitative estimate of drug-likeness (QED) is 0.481. The summed E-state index contributed by atoms with van der Waals surface area (Å²) < 4.78 is 23.3. The summed E-state index contributed by atoms with van der Waals surface area (Å²) in [5, 5.41) is 10.8. The number of nitro groups is 1. The fraction of sp³-hybridized carbons (Fsp3) is 0.417. The molecule has 1 aromatic carbocycles. The molecule has 0 spiro atoms. The van der Waals surface area contributed by atoms with Crippen LogP contribution in [0.5, 0.6) is 5.75 Å². The summed E-state index contributed by atoms with van der Waals surface area (Å²) in [5.41, 5.74) is 3.61. The van der Waals surface area contributed by atoms with Gasteiger partial charge in [-0.25, -0.2) is 9.18 Å². The molecule has 0 radical (unpaired) electrons. The minimum Gasteiger partial charge on any atom is -0.482 e. The molecule has 0 heterocycles. The number of nitro benzene ring substituents is 1. The number of nitrogens with zero attached hydrogens (tertiary/aromatic N) is 1. The van der Waals surface area contributed by atoms with E-state index < -0.39 is 40.3 Å². The van der Waals surface area contributed by atoms with Crippen LogP contribution in [-0.4, -0.2) is 29.6 Å². The second kappa shape index (κ2) is 6.29. The van der Waals surface area contributed by atoms with Crippen LogP contribution in [0.15, 0.2) is 18.2 Å². The van der Waals surface area contributed by atoms with Crippen molar-refractivity contribution in [3.05, 3.63) is 34.1 Å². The standard InChI is InChI=1S/C12H15FN2O5/c1-3-19-11(16)12(2,14)7-20-10-8(13)5-4-6-9(10)15(17)18/h4-6H,3,7,14H2,1-2H3. The number of carbonyl (C=O) groups is 1. The number of hydrogen-bond acceptors (Lipinski definition) is 6. The van der Waals surface area contributed by atoms with Gasteiger partial charge in [-0.2, -0.15) is 0 Å². The van der Waals surface area contributed by atoms with Crippen molar-refractivity contribution in [3.63, 3.8) is 0 Å². The highest BCUT2D eigenvalue weighted by Crippen LogP contribution is 2.30. The Kier molecular flexibility index (Phi) is 4.98. The van der Waals surface area contributed by atoms with Crippen LogP contribution in [0.4, 0.5) is 10.1 Å². The molecule has 0 saturated carbocycles. The summed E-state index contributed by atoms with van der Waals surface area (Å²) >= 11 is 0. The van der Waals surface area contributed by atoms with Gasteiger partial charge in [0, 0.05) is 6.07 Å². The molecule has 8 heteroatoms. The number of para-hydroxylation sites is 1. The number of carbonyl (C=O) groups excluding carboxylic acids is 1. The third kappa shape index (κ3) is 3.64. The molecule has 1 atom stereocenters. The van der Waals surface area contributed by atoms with E-state index in [0.717, 1.165) is 12.1 Å². The number of halogens is 1. The number of hydrogen-bond donors (Lipinski definition) is 1. The van der Waals surface area contributed by atoms with Gasteiger partial charge in [-0.15, -0.1) is 0 Å². The first-order valence-corrected chi connectivity index (χ1v) is 5.81. The van der Waals surface area contributed by atoms with Gasteiger partial charge in [-0.1, -0.05) is 6.07 Å². The lowest BCUT2D eigenvalue weighted by molar-refractivity contribution is -0.386. The van der Waals surface area contributed by atoms with Crippen LogP contribution in [0.2, 0.25) is 0 Å². The third-order valence-electron chi connectivity index (χ3n) is 2.40. The van der Waals surface area contributed by atoms with E-state index >= 15 is 0 Å². The van der Waals surface area contributed by atoms with Crippen LogP contribution in [0.3, 0.4) is 0 Å². The lowest BCUT2D eigenvalue weighted by Gasteiger charge is -2.22. The predicted molar refractivity (Wildman–Crippen MR) is 67.8 cm³/mol. The SMILES string of the molecule is CCOC(=O)C(C)(N)COc1c(F)cccc1[N+](=O)[O-]. The van der Waals surface area contributed by atoms with Gasteiger partial charge in [-0.3, -0.25) is 10.1 Å². The van der Waals surface area contributed by atoms with Crippen LogP contribution in [0.1, 0.15) is 13.8 Å². The molecule has 0 amide bonds. The average Bonchev–Trinajstić information content (AvgIpc) is 2.37. The zero-order valence-corrected chi connectivity index (χ0v) is 11.1. The normalized spacial score (nSPS) is 13.4. The molecular formula is C12H15FN2O5. The summed E-state index contributed by atoms with van der Waals surface area (Å²) in [6, 6.07) is 3.30. The van der Waals surface area contributed by atoms with Gasteiger partial charge in [0.1, 0.15) is 12.1 Å². The fourth-order valence-corrected chi connectivity index (χ4v) is 1.36. The summed E-state index contributed by atoms with van der Waals surface area (Å²) in [4.78, 5) is 21.5. The van der Waals surface area contributed by atoms with Gasteiger partial charge in [0.15, 0.2) is 5.82 Å². The Labute approximate surface area is 114 Å². The van der Waals surface area contributed by atoms with Gasteiger partial charge < -0.3 is 15.2 Å². The summed E-state index contributed by atoms with van der Waals surface area (Å²) in [6.07, 6.45) is 0. The Morgan fingerprint density at radius 3 is 2.75 bits per heavy atom. The molecule has 0 aliphatic rings. The number of esters is 1. The van der Waals surface area contributed by atoms with Gasteiger partial charge in [0.25, 0.3) is 0 Å². The third-order valence-corrected chi connectivity index (χ3v) is 2.40. The summed E-state index contributed by atoms with van der Waals surface area (Å²) in [7, 11) is 0. The number of benzene rings is 1. The van der Waals surface area contributed by atoms with Crippen molar-refractivity contribution in [3.8, 4) is 5.75 Å². The van der Waals surface area contributed by atoms with Gasteiger partial charge in [-0.05, 0) is 19.9 Å². The molecule has 1 aromatic rings. The molecule has 110 valence electrons. The van der Waals surface area contributed by atoms with Gasteiger partial charge >= 0.3 is 11.7 Å². The fourth-order valence-electron chi connectivity index (χ4n) is 1.36. The zero-order chi connectivity index (χ0) is 15.3. The number of ether oxygens (including phenoxy) is 2. The van der Waals surface area contributed by atoms with E-state index in [1.54, 1.807) is 6.92 Å². The molecule has 0 aromatic heterocycles. The van der Waals surface area contributed by atoms with Gasteiger partial charge in [0.2, 0.25) is 5.75 Å². The molecular weight excluding hydrogens is 271 g/mol. The molecule has 0 aliphatic carbocycles. The van der Waals surface area contributed by atoms with E-state index in [2.05, 4.69) is 0 Å². The Morgan fingerprint density at radius 2 is 2.20 bits per heavy atom. The molecule has 7 nitrogen and oxygen atoms in total. The largest absolute Gasteiger partial charge is 0.482 e. The maximum absolute atomic E-state index is 13.5. The van der Waals surface area contributed by atoms with E-state index in [-0.39, 0.29) is 6.61 Å². The maximum atomic E-state index is 13.5. The predicted octanol–water partition coefficient (Wildman–Crippen LogP) is 1.39. The van der Waals surface area contributed by atoms with Crippen LogP contribution in [-0.2, 0) is 9.53 Å². The first-order valence-electron chi connectivity index (χ1n) is 5.81. The van der Waals surface area contributed by atoms with Crippen molar-refractivity contribution in [1.82, 2.24) is 0 Å². The Balaban J connectivity index is 2.90. The van der Waals surface area contributed by atoms with E-state index in [9.17, 15) is 19.3 Å². The smallest absolute Gasteiger partial charge is 0.329 e. The Morgan fingerprint density at radius 1 is 1.55 bits per heavy atom. The van der Waals surface area contributed by atoms with E-state index in [1.165, 1.54) is 13.0 Å². The number of nitrogens with two attached hydrogens (primary N) is 1. The van der Waals surface area contributed by atoms with Crippen molar-refractivity contribution in [2.24, 2.45) is 5.73 Å². The second-order valence-corrected chi connectivity index (χ2v) is 4.27. The minimum absolute atomic E-state index is 0.130. The van der Waals surface area contributed by atoms with Crippen molar-refractivity contribution >= 4 is 11.7 Å². The highest BCUT2D eigenvalue weighted by molar-refractivity contribution is 5.80. The average molecular weight is 286 g/mol. The lowest BCUT2D eigenvalue weighted by atomic mass is 10.1. The van der Waals surface area contributed by atoms with E-state index in [0.29, 0.717) is 0 Å². The molecule has 1 rings (SSSR count). The lowest BCUT2D eigenvalue weighted by Crippen LogP contribution is -2.51. The minimum atomic E-state index is -1.54. The topological polar surface area (TPSA) is 105 Å². The maximum Gasteiger partial charge on any atom is 0.329 e. The monoisotopic (exact) mass is 286 g/mol. The van der Waals surface area contributed by atoms with Crippen molar-refractivity contribution < 1.29 is 23.6 Å². The van der Waals surface area contributed by atoms with Crippen LogP contribution >= 0.6 is 0 Å². The Bertz CT molecular complexity index is 519. The molecule has 0 saturated heterocycles. The van der Waals surface area contributed by atoms with Crippen LogP contribution in [0.25, 0.3) is 0 Å². The molecule has 0 aliphatic heterocycles. The summed E-state index contributed by atoms with van der Waals surface area (Å²) in [5.74, 6) is -2.20. The van der Waals surface area contributed by atoms with Crippen LogP contribution in [0, 0.1) is 15.9 Å². The molecule has 0 fully saturated rings. The van der Waals surface area contributed by atoms with Gasteiger partial charge in [0.05, 0.1) is 11.5 Å². The molecule has 0 bridgehead atoms. The highest BCUT2D eigenvalue weighted by Gasteiger charge is 2.32. The molecule has 2 N–H and O–H groups in total. The Hall–Kier alpha value is -2.22. The van der Waals surface area contributed by atoms with Crippen molar-refractivity contribution in [2.45, 2.75) is 19.4 Å². The first kappa shape index (κ1) is 15.8. The van der Waals surface area contributed by atoms with Crippen molar-refractivity contribution in [1.29, 1.82) is 0 Å². The molecule has 1 unspecified atom stereocenters.